The lowest BCUT2D eigenvalue weighted by Gasteiger charge is -2.06. The van der Waals surface area contributed by atoms with E-state index in [2.05, 4.69) is 15.6 Å². The molecule has 0 saturated heterocycles. The number of carbonyl (C=O) groups excluding carboxylic acids is 1. The molecule has 2 aromatic carbocycles. The maximum absolute atomic E-state index is 11.9. The number of nitrogens with zero attached hydrogens (tertiary/aromatic N) is 1. The van der Waals surface area contributed by atoms with E-state index in [-0.39, 0.29) is 5.91 Å². The van der Waals surface area contributed by atoms with Crippen molar-refractivity contribution in [1.82, 2.24) is 4.98 Å². The number of hydrogen-bond donors (Lipinski definition) is 2. The number of aromatic nitrogens is 1. The van der Waals surface area contributed by atoms with E-state index in [4.69, 9.17) is 16.3 Å². The zero-order chi connectivity index (χ0) is 19.1. The summed E-state index contributed by atoms with van der Waals surface area (Å²) in [7, 11) is 1.64. The third kappa shape index (κ3) is 5.45. The molecule has 27 heavy (non-hydrogen) atoms. The van der Waals surface area contributed by atoms with Crippen LogP contribution < -0.4 is 15.4 Å². The summed E-state index contributed by atoms with van der Waals surface area (Å²) in [4.78, 5) is 16.5. The summed E-state index contributed by atoms with van der Waals surface area (Å²) in [5, 5.41) is 8.95. The highest BCUT2D eigenvalue weighted by Gasteiger charge is 2.08. The first-order chi connectivity index (χ1) is 13.2. The molecule has 1 aromatic heterocycles. The number of thiazole rings is 1. The van der Waals surface area contributed by atoms with E-state index in [0.717, 1.165) is 33.5 Å². The molecule has 0 aliphatic carbocycles. The molecule has 7 heteroatoms. The number of amides is 1. The van der Waals surface area contributed by atoms with E-state index in [1.54, 1.807) is 7.11 Å². The fraction of sp³-hybridized carbons (Fsp3) is 0.200. The average Bonchev–Trinajstić information content (AvgIpc) is 3.15. The predicted molar refractivity (Wildman–Crippen MR) is 112 cm³/mol. The van der Waals surface area contributed by atoms with Crippen molar-refractivity contribution in [2.45, 2.75) is 12.8 Å². The zero-order valence-corrected chi connectivity index (χ0v) is 16.4. The minimum atomic E-state index is -0.0357. The van der Waals surface area contributed by atoms with Crippen LogP contribution in [-0.2, 0) is 4.79 Å². The normalized spacial score (nSPS) is 10.4. The molecule has 5 nitrogen and oxygen atoms in total. The first-order valence-corrected chi connectivity index (χ1v) is 9.92. The largest absolute Gasteiger partial charge is 0.497 e. The first-order valence-electron chi connectivity index (χ1n) is 8.51. The topological polar surface area (TPSA) is 63.2 Å². The third-order valence-electron chi connectivity index (χ3n) is 3.80. The van der Waals surface area contributed by atoms with Crippen molar-refractivity contribution >= 4 is 45.4 Å². The Morgan fingerprint density at radius 1 is 1.19 bits per heavy atom. The summed E-state index contributed by atoms with van der Waals surface area (Å²) in [5.74, 6) is 1.23. The quantitative estimate of drug-likeness (QED) is 0.488. The van der Waals surface area contributed by atoms with Crippen LogP contribution in [0.1, 0.15) is 12.8 Å². The minimum absolute atomic E-state index is 0.0357. The van der Waals surface area contributed by atoms with Crippen molar-refractivity contribution in [3.63, 3.8) is 0 Å². The minimum Gasteiger partial charge on any atom is -0.497 e. The number of rotatable bonds is 8. The Bertz CT molecular complexity index is 914. The predicted octanol–water partition coefficient (Wildman–Crippen LogP) is 5.52. The highest BCUT2D eigenvalue weighted by molar-refractivity contribution is 7.14. The van der Waals surface area contributed by atoms with Gasteiger partial charge in [-0.1, -0.05) is 18.2 Å². The fourth-order valence-electron chi connectivity index (χ4n) is 2.50. The standard InChI is InChI=1S/C20H20ClN3O2S/c1-26-17-8-3-7-16(12-17)23-20-24-18(13-27-20)14-5-2-6-15(11-14)22-19(25)9-4-10-21/h2-3,5-8,11-13H,4,9-10H2,1H3,(H,22,25)(H,23,24). The van der Waals surface area contributed by atoms with E-state index in [0.29, 0.717) is 18.7 Å². The van der Waals surface area contributed by atoms with Crippen molar-refractivity contribution in [2.75, 3.05) is 23.6 Å². The number of ether oxygens (including phenoxy) is 1. The molecule has 0 spiro atoms. The molecule has 1 heterocycles. The summed E-state index contributed by atoms with van der Waals surface area (Å²) in [5.41, 5.74) is 3.46. The van der Waals surface area contributed by atoms with Crippen LogP contribution in [0, 0.1) is 0 Å². The van der Waals surface area contributed by atoms with Gasteiger partial charge < -0.3 is 15.4 Å². The van der Waals surface area contributed by atoms with Gasteiger partial charge in [0.1, 0.15) is 5.75 Å². The van der Waals surface area contributed by atoms with Gasteiger partial charge in [-0.15, -0.1) is 22.9 Å². The molecule has 0 bridgehead atoms. The number of alkyl halides is 1. The van der Waals surface area contributed by atoms with E-state index in [9.17, 15) is 4.79 Å². The third-order valence-corrected chi connectivity index (χ3v) is 4.83. The molecule has 0 unspecified atom stereocenters. The SMILES string of the molecule is COc1cccc(Nc2nc(-c3cccc(NC(=O)CCCCl)c3)cs2)c1. The van der Waals surface area contributed by atoms with Gasteiger partial charge in [-0.05, 0) is 30.7 Å². The second-order valence-electron chi connectivity index (χ2n) is 5.82. The molecule has 2 N–H and O–H groups in total. The molecule has 0 aliphatic heterocycles. The van der Waals surface area contributed by atoms with Crippen LogP contribution in [-0.4, -0.2) is 23.9 Å². The van der Waals surface area contributed by atoms with Crippen molar-refractivity contribution in [2.24, 2.45) is 0 Å². The van der Waals surface area contributed by atoms with Gasteiger partial charge >= 0.3 is 0 Å². The van der Waals surface area contributed by atoms with Crippen LogP contribution >= 0.6 is 22.9 Å². The monoisotopic (exact) mass is 401 g/mol. The molecule has 0 saturated carbocycles. The second-order valence-corrected chi connectivity index (χ2v) is 7.05. The maximum Gasteiger partial charge on any atom is 0.224 e. The molecule has 1 amide bonds. The first kappa shape index (κ1) is 19.2. The van der Waals surface area contributed by atoms with E-state index in [1.807, 2.05) is 53.9 Å². The fourth-order valence-corrected chi connectivity index (χ4v) is 3.37. The van der Waals surface area contributed by atoms with Gasteiger partial charge in [0, 0.05) is 40.7 Å². The number of methoxy groups -OCH3 is 1. The summed E-state index contributed by atoms with van der Waals surface area (Å²) >= 11 is 7.15. The lowest BCUT2D eigenvalue weighted by molar-refractivity contribution is -0.116. The van der Waals surface area contributed by atoms with Crippen molar-refractivity contribution in [1.29, 1.82) is 0 Å². The van der Waals surface area contributed by atoms with Crippen molar-refractivity contribution < 1.29 is 9.53 Å². The lowest BCUT2D eigenvalue weighted by Crippen LogP contribution is -2.11. The number of anilines is 3. The van der Waals surface area contributed by atoms with Gasteiger partial charge in [0.05, 0.1) is 12.8 Å². The number of benzene rings is 2. The van der Waals surface area contributed by atoms with Gasteiger partial charge in [-0.2, -0.15) is 0 Å². The van der Waals surface area contributed by atoms with Crippen molar-refractivity contribution in [3.8, 4) is 17.0 Å². The Balaban J connectivity index is 1.70. The highest BCUT2D eigenvalue weighted by Crippen LogP contribution is 2.29. The number of hydrogen-bond acceptors (Lipinski definition) is 5. The van der Waals surface area contributed by atoms with Gasteiger partial charge in [0.15, 0.2) is 5.13 Å². The molecular formula is C20H20ClN3O2S. The summed E-state index contributed by atoms with van der Waals surface area (Å²) in [6.07, 6.45) is 1.08. The van der Waals surface area contributed by atoms with E-state index >= 15 is 0 Å². The molecule has 3 rings (SSSR count). The van der Waals surface area contributed by atoms with Crippen LogP contribution in [0.2, 0.25) is 0 Å². The van der Waals surface area contributed by atoms with Gasteiger partial charge in [0.2, 0.25) is 5.91 Å². The van der Waals surface area contributed by atoms with E-state index in [1.165, 1.54) is 11.3 Å². The Hall–Kier alpha value is -2.57. The summed E-state index contributed by atoms with van der Waals surface area (Å²) < 4.78 is 5.24. The van der Waals surface area contributed by atoms with Gasteiger partial charge in [0.25, 0.3) is 0 Å². The Kier molecular flexibility index (Phi) is 6.68. The van der Waals surface area contributed by atoms with Gasteiger partial charge in [-0.25, -0.2) is 4.98 Å². The molecule has 3 aromatic rings. The Labute approximate surface area is 167 Å². The van der Waals surface area contributed by atoms with E-state index < -0.39 is 0 Å². The molecule has 0 atom stereocenters. The van der Waals surface area contributed by atoms with Crippen LogP contribution in [0.4, 0.5) is 16.5 Å². The van der Waals surface area contributed by atoms with Crippen LogP contribution in [0.3, 0.4) is 0 Å². The molecule has 0 fully saturated rings. The van der Waals surface area contributed by atoms with Crippen LogP contribution in [0.25, 0.3) is 11.3 Å². The molecule has 140 valence electrons. The Morgan fingerprint density at radius 3 is 2.81 bits per heavy atom. The molecule has 0 radical (unpaired) electrons. The molecular weight excluding hydrogens is 382 g/mol. The number of carbonyl (C=O) groups is 1. The van der Waals surface area contributed by atoms with Gasteiger partial charge in [-0.3, -0.25) is 4.79 Å². The highest BCUT2D eigenvalue weighted by atomic mass is 35.5. The number of halogens is 1. The second kappa shape index (κ2) is 9.39. The van der Waals surface area contributed by atoms with Crippen LogP contribution in [0.15, 0.2) is 53.9 Å². The Morgan fingerprint density at radius 2 is 2.00 bits per heavy atom. The maximum atomic E-state index is 11.9. The summed E-state index contributed by atoms with van der Waals surface area (Å²) in [6, 6.07) is 15.3. The van der Waals surface area contributed by atoms with Crippen LogP contribution in [0.5, 0.6) is 5.75 Å². The van der Waals surface area contributed by atoms with Crippen molar-refractivity contribution in [3.05, 3.63) is 53.9 Å². The summed E-state index contributed by atoms with van der Waals surface area (Å²) in [6.45, 7) is 0. The smallest absolute Gasteiger partial charge is 0.224 e. The lowest BCUT2D eigenvalue weighted by atomic mass is 10.1. The molecule has 0 aliphatic rings. The number of nitrogens with one attached hydrogen (secondary N) is 2. The average molecular weight is 402 g/mol. The zero-order valence-electron chi connectivity index (χ0n) is 14.9.